The molecule has 1 aromatic heterocycles. The van der Waals surface area contributed by atoms with Crippen molar-refractivity contribution in [1.82, 2.24) is 10.3 Å². The van der Waals surface area contributed by atoms with Crippen LogP contribution in [0.2, 0.25) is 5.02 Å². The fourth-order valence-corrected chi connectivity index (χ4v) is 4.60. The van der Waals surface area contributed by atoms with E-state index in [9.17, 15) is 4.79 Å². The highest BCUT2D eigenvalue weighted by Crippen LogP contribution is 2.37. The first-order valence-corrected chi connectivity index (χ1v) is 12.5. The molecule has 1 aliphatic rings. The van der Waals surface area contributed by atoms with Crippen LogP contribution in [0.3, 0.4) is 0 Å². The summed E-state index contributed by atoms with van der Waals surface area (Å²) in [5.41, 5.74) is 2.37. The Morgan fingerprint density at radius 3 is 2.86 bits per heavy atom. The van der Waals surface area contributed by atoms with Crippen molar-refractivity contribution >= 4 is 46.1 Å². The lowest BCUT2D eigenvalue weighted by Crippen LogP contribution is -2.45. The highest BCUT2D eigenvalue weighted by Gasteiger charge is 2.34. The maximum absolute atomic E-state index is 13.2. The summed E-state index contributed by atoms with van der Waals surface area (Å²) in [6.07, 6.45) is 7.44. The number of anilines is 2. The van der Waals surface area contributed by atoms with Crippen molar-refractivity contribution in [3.8, 4) is 11.5 Å². The smallest absolute Gasteiger partial charge is 0.256 e. The number of halogens is 1. The Kier molecular flexibility index (Phi) is 10.5. The number of allylic oxidation sites excluding steroid dienone is 1. The Balaban J connectivity index is 2.01. The zero-order valence-electron chi connectivity index (χ0n) is 21.0. The number of methoxy groups -OCH3 is 1. The number of nitrogens with zero attached hydrogens (tertiary/aromatic N) is 2. The molecule has 0 saturated carbocycles. The SMILES string of the molecule is C=CCOCCOc1cnccc1N(C)C1=C(C(=S)Nc2cccc(Cl)c2OC)C(=O)NCC1CC=C. The van der Waals surface area contributed by atoms with E-state index < -0.39 is 0 Å². The van der Waals surface area contributed by atoms with Gasteiger partial charge in [-0.15, -0.1) is 13.2 Å². The molecule has 0 aliphatic carbocycles. The van der Waals surface area contributed by atoms with Gasteiger partial charge in [-0.25, -0.2) is 0 Å². The van der Waals surface area contributed by atoms with Crippen molar-refractivity contribution in [3.63, 3.8) is 0 Å². The van der Waals surface area contributed by atoms with E-state index in [1.54, 1.807) is 36.7 Å². The minimum atomic E-state index is -0.282. The number of nitrogens with one attached hydrogen (secondary N) is 2. The van der Waals surface area contributed by atoms with Gasteiger partial charge in [0.05, 0.1) is 48.5 Å². The van der Waals surface area contributed by atoms with Crippen LogP contribution < -0.4 is 25.0 Å². The number of rotatable bonds is 13. The van der Waals surface area contributed by atoms with E-state index in [0.29, 0.717) is 60.6 Å². The van der Waals surface area contributed by atoms with Crippen molar-refractivity contribution in [2.24, 2.45) is 5.92 Å². The van der Waals surface area contributed by atoms with Crippen LogP contribution in [0.5, 0.6) is 11.5 Å². The molecule has 196 valence electrons. The van der Waals surface area contributed by atoms with Gasteiger partial charge < -0.3 is 29.7 Å². The number of amides is 1. The van der Waals surface area contributed by atoms with Crippen LogP contribution in [0, 0.1) is 5.92 Å². The van der Waals surface area contributed by atoms with Crippen molar-refractivity contribution in [1.29, 1.82) is 0 Å². The molecule has 1 unspecified atom stereocenters. The molecule has 0 spiro atoms. The maximum Gasteiger partial charge on any atom is 0.256 e. The van der Waals surface area contributed by atoms with Gasteiger partial charge in [-0.05, 0) is 24.6 Å². The molecule has 0 bridgehead atoms. The number of aromatic nitrogens is 1. The monoisotopic (exact) mass is 542 g/mol. The zero-order valence-corrected chi connectivity index (χ0v) is 22.5. The van der Waals surface area contributed by atoms with Gasteiger partial charge in [0, 0.05) is 31.4 Å². The topological polar surface area (TPSA) is 85.0 Å². The molecule has 1 amide bonds. The van der Waals surface area contributed by atoms with Crippen LogP contribution in [0.1, 0.15) is 6.42 Å². The molecule has 2 heterocycles. The Labute approximate surface area is 227 Å². The standard InChI is InChI=1S/C27H31ClN4O4S/c1-5-8-18-16-30-26(33)23(27(37)31-20-10-7-9-19(28)25(20)34-4)24(18)32(3)21-11-12-29-17-22(21)36-15-14-35-13-6-2/h5-7,9-12,17-18H,1-2,8,13-16H2,3-4H3,(H,30,33)(H,31,37). The van der Waals surface area contributed by atoms with Crippen molar-refractivity contribution < 1.29 is 19.0 Å². The number of hydrogen-bond acceptors (Lipinski definition) is 7. The first-order valence-electron chi connectivity index (χ1n) is 11.7. The Morgan fingerprint density at radius 1 is 1.32 bits per heavy atom. The summed E-state index contributed by atoms with van der Waals surface area (Å²) >= 11 is 12.0. The van der Waals surface area contributed by atoms with Crippen LogP contribution in [-0.2, 0) is 9.53 Å². The van der Waals surface area contributed by atoms with Crippen LogP contribution in [0.4, 0.5) is 11.4 Å². The Bertz CT molecular complexity index is 1190. The lowest BCUT2D eigenvalue weighted by molar-refractivity contribution is -0.117. The average Bonchev–Trinajstić information content (AvgIpc) is 2.89. The van der Waals surface area contributed by atoms with Gasteiger partial charge >= 0.3 is 0 Å². The van der Waals surface area contributed by atoms with Gasteiger partial charge in [-0.2, -0.15) is 0 Å². The summed E-state index contributed by atoms with van der Waals surface area (Å²) in [4.78, 5) is 19.6. The first kappa shape index (κ1) is 28.2. The molecular formula is C27H31ClN4O4S. The third kappa shape index (κ3) is 6.88. The summed E-state index contributed by atoms with van der Waals surface area (Å²) in [6.45, 7) is 9.15. The molecule has 1 atom stereocenters. The number of thiocarbonyl (C=S) groups is 1. The minimum Gasteiger partial charge on any atom is -0.493 e. The Hall–Kier alpha value is -3.40. The molecule has 0 radical (unpaired) electrons. The quantitative estimate of drug-likeness (QED) is 0.213. The van der Waals surface area contributed by atoms with Gasteiger partial charge in [0.15, 0.2) is 11.5 Å². The zero-order chi connectivity index (χ0) is 26.8. The molecule has 2 N–H and O–H groups in total. The molecule has 37 heavy (non-hydrogen) atoms. The lowest BCUT2D eigenvalue weighted by Gasteiger charge is -2.35. The number of carbonyl (C=O) groups is 1. The molecule has 3 rings (SSSR count). The van der Waals surface area contributed by atoms with E-state index in [1.165, 1.54) is 7.11 Å². The molecule has 10 heteroatoms. The number of carbonyl (C=O) groups excluding carboxylic acids is 1. The van der Waals surface area contributed by atoms with Crippen molar-refractivity contribution in [2.75, 3.05) is 50.7 Å². The number of ether oxygens (including phenoxy) is 3. The van der Waals surface area contributed by atoms with Gasteiger partial charge in [0.2, 0.25) is 0 Å². The second-order valence-corrected chi connectivity index (χ2v) is 8.90. The summed E-state index contributed by atoms with van der Waals surface area (Å²) in [5, 5.41) is 6.53. The minimum absolute atomic E-state index is 0.0758. The second kappa shape index (κ2) is 13.8. The highest BCUT2D eigenvalue weighted by atomic mass is 35.5. The third-order valence-electron chi connectivity index (χ3n) is 5.68. The van der Waals surface area contributed by atoms with Crippen LogP contribution >= 0.6 is 23.8 Å². The molecular weight excluding hydrogens is 512 g/mol. The molecule has 8 nitrogen and oxygen atoms in total. The van der Waals surface area contributed by atoms with E-state index in [4.69, 9.17) is 38.0 Å². The predicted molar refractivity (Wildman–Crippen MR) is 152 cm³/mol. The van der Waals surface area contributed by atoms with Crippen LogP contribution in [-0.4, -0.2) is 56.4 Å². The number of para-hydroxylation sites is 1. The van der Waals surface area contributed by atoms with Crippen molar-refractivity contribution in [3.05, 3.63) is 78.3 Å². The maximum atomic E-state index is 13.2. The van der Waals surface area contributed by atoms with E-state index in [0.717, 1.165) is 11.4 Å². The highest BCUT2D eigenvalue weighted by molar-refractivity contribution is 7.81. The molecule has 0 fully saturated rings. The number of benzene rings is 1. The molecule has 2 aromatic rings. The fourth-order valence-electron chi connectivity index (χ4n) is 4.05. The molecule has 0 saturated heterocycles. The van der Waals surface area contributed by atoms with Gasteiger partial charge in [0.25, 0.3) is 5.91 Å². The fraction of sp³-hybridized carbons (Fsp3) is 0.296. The molecule has 1 aliphatic heterocycles. The van der Waals surface area contributed by atoms with Crippen LogP contribution in [0.15, 0.2) is 73.2 Å². The molecule has 1 aromatic carbocycles. The van der Waals surface area contributed by atoms with E-state index in [-0.39, 0.29) is 16.8 Å². The average molecular weight is 543 g/mol. The first-order chi connectivity index (χ1) is 17.9. The normalized spacial score (nSPS) is 15.0. The van der Waals surface area contributed by atoms with Gasteiger partial charge in [-0.3, -0.25) is 9.78 Å². The number of pyridine rings is 1. The van der Waals surface area contributed by atoms with E-state index in [1.807, 2.05) is 24.1 Å². The summed E-state index contributed by atoms with van der Waals surface area (Å²) in [6, 6.07) is 7.11. The largest absolute Gasteiger partial charge is 0.493 e. The van der Waals surface area contributed by atoms with Gasteiger partial charge in [0.1, 0.15) is 11.6 Å². The van der Waals surface area contributed by atoms with E-state index in [2.05, 4.69) is 28.8 Å². The summed E-state index contributed by atoms with van der Waals surface area (Å²) < 4.78 is 16.8. The summed E-state index contributed by atoms with van der Waals surface area (Å²) in [7, 11) is 3.40. The summed E-state index contributed by atoms with van der Waals surface area (Å²) in [5.74, 6) is 0.630. The Morgan fingerprint density at radius 2 is 2.14 bits per heavy atom. The van der Waals surface area contributed by atoms with Crippen molar-refractivity contribution in [2.45, 2.75) is 6.42 Å². The van der Waals surface area contributed by atoms with Gasteiger partial charge in [-0.1, -0.05) is 42.0 Å². The van der Waals surface area contributed by atoms with E-state index >= 15 is 0 Å². The predicted octanol–water partition coefficient (Wildman–Crippen LogP) is 4.78. The number of hydrogen-bond donors (Lipinski definition) is 2. The van der Waals surface area contributed by atoms with Crippen LogP contribution in [0.25, 0.3) is 0 Å². The lowest BCUT2D eigenvalue weighted by atomic mass is 9.91. The third-order valence-corrected chi connectivity index (χ3v) is 6.29. The second-order valence-electron chi connectivity index (χ2n) is 8.08.